The van der Waals surface area contributed by atoms with Crippen molar-refractivity contribution in [3.8, 4) is 0 Å². The zero-order valence-electron chi connectivity index (χ0n) is 17.6. The molecule has 4 rings (SSSR count). The Morgan fingerprint density at radius 3 is 2.45 bits per heavy atom. The van der Waals surface area contributed by atoms with Crippen LogP contribution in [0.3, 0.4) is 0 Å². The molecule has 2 aromatic rings. The fraction of sp³-hybridized carbons (Fsp3) is 0.524. The fourth-order valence-electron chi connectivity index (χ4n) is 4.79. The second-order valence-corrected chi connectivity index (χ2v) is 13.0. The first-order chi connectivity index (χ1) is 13.9. The third kappa shape index (κ3) is 4.17. The molecule has 0 radical (unpaired) electrons. The van der Waals surface area contributed by atoms with Gasteiger partial charge in [-0.05, 0) is 0 Å². The summed E-state index contributed by atoms with van der Waals surface area (Å²) in [5.41, 5.74) is 3.54. The van der Waals surface area contributed by atoms with Crippen LogP contribution < -0.4 is 10.0 Å². The molecule has 1 unspecified atom stereocenters. The third-order valence-electron chi connectivity index (χ3n) is 6.24. The Morgan fingerprint density at radius 1 is 1.17 bits per heavy atom. The number of hydrogen-bond acceptors (Lipinski definition) is 6. The molecule has 8 heteroatoms. The molecule has 2 heterocycles. The molecule has 0 amide bonds. The van der Waals surface area contributed by atoms with Gasteiger partial charge in [0.1, 0.15) is 0 Å². The van der Waals surface area contributed by atoms with Crippen molar-refractivity contribution in [2.45, 2.75) is 55.3 Å². The second-order valence-electron chi connectivity index (χ2n) is 8.96. The molecule has 1 aromatic heterocycles. The molecule has 1 aromatic carbocycles. The summed E-state index contributed by atoms with van der Waals surface area (Å²) in [5, 5.41) is 4.51. The van der Waals surface area contributed by atoms with Crippen LogP contribution in [-0.4, -0.2) is 58.7 Å². The monoisotopic (exact) mass is 438 g/mol. The number of fused-ring (bicyclic) bond motifs is 1. The summed E-state index contributed by atoms with van der Waals surface area (Å²) in [6, 6.07) is 8.67. The van der Waals surface area contributed by atoms with E-state index in [0.717, 1.165) is 63.0 Å². The molecule has 0 saturated carbocycles. The summed E-state index contributed by atoms with van der Waals surface area (Å²) < 4.78 is 16.4. The van der Waals surface area contributed by atoms with Crippen molar-refractivity contribution in [1.29, 1.82) is 0 Å². The number of rotatable bonds is 4. The van der Waals surface area contributed by atoms with Gasteiger partial charge in [0.15, 0.2) is 0 Å². The molecule has 29 heavy (non-hydrogen) atoms. The number of aromatic nitrogens is 2. The normalized spacial score (nSPS) is 24.5. The van der Waals surface area contributed by atoms with E-state index in [-0.39, 0.29) is 22.1 Å². The molecule has 150 valence electrons. The maximum absolute atomic E-state index is 13.1. The van der Waals surface area contributed by atoms with E-state index in [9.17, 15) is 4.55 Å². The molecule has 5 nitrogen and oxygen atoms in total. The van der Waals surface area contributed by atoms with E-state index in [1.807, 2.05) is 33.2 Å². The van der Waals surface area contributed by atoms with E-state index in [2.05, 4.69) is 39.3 Å². The zero-order chi connectivity index (χ0) is 20.6. The minimum atomic E-state index is -1.14. The van der Waals surface area contributed by atoms with Crippen LogP contribution in [0, 0.1) is 5.41 Å². The van der Waals surface area contributed by atoms with Gasteiger partial charge in [-0.2, -0.15) is 0 Å². The Bertz CT molecular complexity index is 853. The van der Waals surface area contributed by atoms with Crippen LogP contribution in [0.25, 0.3) is 0 Å². The summed E-state index contributed by atoms with van der Waals surface area (Å²) in [5.74, 6) is 0.163. The van der Waals surface area contributed by atoms with Crippen molar-refractivity contribution in [3.63, 3.8) is 0 Å². The Hall–Kier alpha value is -0.120. The number of nitrogens with one attached hydrogen (secondary N) is 2. The Morgan fingerprint density at radius 2 is 1.86 bits per heavy atom. The van der Waals surface area contributed by atoms with Gasteiger partial charge in [0.25, 0.3) is 0 Å². The Balaban J connectivity index is 1.82. The van der Waals surface area contributed by atoms with E-state index < -0.39 is 11.4 Å². The van der Waals surface area contributed by atoms with Crippen LogP contribution in [0.5, 0.6) is 0 Å². The van der Waals surface area contributed by atoms with Gasteiger partial charge >= 0.3 is 197 Å². The van der Waals surface area contributed by atoms with Crippen LogP contribution >= 0.6 is 7.88 Å². The SMILES string of the molecule is CC(C)(C)[S@@+]([O-])N[C@@H]1c2ccccc2C(c2cnc([S][Na])cn2)C12CCNCC2. The van der Waals surface area contributed by atoms with Crippen LogP contribution in [0.4, 0.5) is 0 Å². The first-order valence-corrected chi connectivity index (χ1v) is 15.0. The van der Waals surface area contributed by atoms with Gasteiger partial charge in [-0.3, -0.25) is 0 Å². The molecule has 2 N–H and O–H groups in total. The predicted octanol–water partition coefficient (Wildman–Crippen LogP) is 3.26. The summed E-state index contributed by atoms with van der Waals surface area (Å²) in [7, 11) is 1.75. The van der Waals surface area contributed by atoms with Crippen molar-refractivity contribution in [1.82, 2.24) is 20.0 Å². The van der Waals surface area contributed by atoms with Gasteiger partial charge in [0.2, 0.25) is 0 Å². The number of hydrogen-bond donors (Lipinski definition) is 2. The maximum atomic E-state index is 13.1. The minimum absolute atomic E-state index is 0.0419. The van der Waals surface area contributed by atoms with Gasteiger partial charge in [0.05, 0.1) is 0 Å². The molecular formula is C21H27N4NaOS2. The topological polar surface area (TPSA) is 72.9 Å². The average molecular weight is 439 g/mol. The van der Waals surface area contributed by atoms with Gasteiger partial charge in [0, 0.05) is 0 Å². The molecule has 1 saturated heterocycles. The van der Waals surface area contributed by atoms with Gasteiger partial charge < -0.3 is 0 Å². The average Bonchev–Trinajstić information content (AvgIpc) is 2.97. The summed E-state index contributed by atoms with van der Waals surface area (Å²) in [6.07, 6.45) is 5.92. The quantitative estimate of drug-likeness (QED) is 0.564. The van der Waals surface area contributed by atoms with Crippen molar-refractivity contribution in [2.75, 3.05) is 13.1 Å². The molecule has 1 spiro atoms. The van der Waals surface area contributed by atoms with Gasteiger partial charge in [-0.25, -0.2) is 0 Å². The first-order valence-electron chi connectivity index (χ1n) is 10.2. The molecule has 1 fully saturated rings. The van der Waals surface area contributed by atoms with E-state index in [1.165, 1.54) is 11.1 Å². The molecule has 1 aliphatic heterocycles. The molecule has 2 aliphatic rings. The predicted molar refractivity (Wildman–Crippen MR) is 120 cm³/mol. The fourth-order valence-corrected chi connectivity index (χ4v) is 6.67. The molecular weight excluding hydrogens is 411 g/mol. The number of piperidine rings is 1. The summed E-state index contributed by atoms with van der Waals surface area (Å²) >= 11 is -0.133. The second kappa shape index (κ2) is 8.79. The number of benzene rings is 1. The Kier molecular flexibility index (Phi) is 6.69. The first kappa shape index (κ1) is 22.1. The van der Waals surface area contributed by atoms with E-state index in [1.54, 1.807) is 7.88 Å². The number of nitrogens with zero attached hydrogens (tertiary/aromatic N) is 2. The van der Waals surface area contributed by atoms with Gasteiger partial charge in [-0.15, -0.1) is 0 Å². The van der Waals surface area contributed by atoms with Crippen LogP contribution in [0.1, 0.15) is 62.4 Å². The van der Waals surface area contributed by atoms with E-state index in [4.69, 9.17) is 4.98 Å². The van der Waals surface area contributed by atoms with Crippen molar-refractivity contribution in [2.24, 2.45) is 5.41 Å². The van der Waals surface area contributed by atoms with Crippen LogP contribution in [0.2, 0.25) is 0 Å². The van der Waals surface area contributed by atoms with E-state index >= 15 is 0 Å². The van der Waals surface area contributed by atoms with Crippen LogP contribution in [-0.2, 0) is 11.4 Å². The molecule has 0 bridgehead atoms. The van der Waals surface area contributed by atoms with Gasteiger partial charge in [-0.1, -0.05) is 0 Å². The Labute approximate surface area is 196 Å². The van der Waals surface area contributed by atoms with E-state index in [0.29, 0.717) is 0 Å². The molecule has 1 aliphatic carbocycles. The molecule has 3 atom stereocenters. The van der Waals surface area contributed by atoms with Crippen LogP contribution in [0.15, 0.2) is 41.7 Å². The van der Waals surface area contributed by atoms with Crippen molar-refractivity contribution in [3.05, 3.63) is 53.5 Å². The third-order valence-corrected chi connectivity index (χ3v) is 9.68. The summed E-state index contributed by atoms with van der Waals surface area (Å²) in [4.78, 5) is 9.51. The zero-order valence-corrected chi connectivity index (χ0v) is 21.2. The van der Waals surface area contributed by atoms with Crippen molar-refractivity contribution >= 4 is 45.6 Å². The summed E-state index contributed by atoms with van der Waals surface area (Å²) in [6.45, 7) is 8.01. The standard InChI is InChI=1S/C21H28N4OS2.Na/c1-20(2,3)28(26)25-19-15-7-5-4-6-14(15)18(16-12-24-17(27)13-23-16)21(19)8-10-22-11-9-21;/h4-7,12-13,18-19,22,25H,8-11H2,1-3H3,(H,24,27);/q;+1/p-1/t18?,19-,28-;/m1./s1. The van der Waals surface area contributed by atoms with Crippen molar-refractivity contribution < 1.29 is 4.55 Å².